The van der Waals surface area contributed by atoms with E-state index in [4.69, 9.17) is 5.11 Å². The molecule has 0 heterocycles. The topological polar surface area (TPSA) is 78.4 Å². The summed E-state index contributed by atoms with van der Waals surface area (Å²) >= 11 is 0. The Morgan fingerprint density at radius 2 is 1.54 bits per heavy atom. The van der Waals surface area contributed by atoms with Crippen molar-refractivity contribution in [3.63, 3.8) is 0 Å². The Kier molecular flexibility index (Phi) is 6.77. The SMILES string of the molecule is O=C(O)CC1CCc2cc(-c3ccc(NC(=O)Nc4ccc(F)c(C(F)(F)F)c4)cc3)ccc2C1. The number of rotatable bonds is 5. The van der Waals surface area contributed by atoms with Gasteiger partial charge in [0.25, 0.3) is 0 Å². The Balaban J connectivity index is 1.40. The van der Waals surface area contributed by atoms with Gasteiger partial charge in [-0.25, -0.2) is 9.18 Å². The first-order chi connectivity index (χ1) is 16.6. The predicted octanol–water partition coefficient (Wildman–Crippen LogP) is 6.74. The molecule has 1 aliphatic rings. The molecular formula is C26H22F4N2O3. The summed E-state index contributed by atoms with van der Waals surface area (Å²) in [5, 5.41) is 13.8. The van der Waals surface area contributed by atoms with Gasteiger partial charge in [-0.15, -0.1) is 0 Å². The number of hydrogen-bond acceptors (Lipinski definition) is 2. The van der Waals surface area contributed by atoms with Crippen LogP contribution in [0, 0.1) is 11.7 Å². The first-order valence-corrected chi connectivity index (χ1v) is 11.0. The van der Waals surface area contributed by atoms with Crippen LogP contribution in [0.4, 0.5) is 33.7 Å². The van der Waals surface area contributed by atoms with Gasteiger partial charge in [0.2, 0.25) is 0 Å². The molecule has 3 N–H and O–H groups in total. The van der Waals surface area contributed by atoms with Gasteiger partial charge >= 0.3 is 18.2 Å². The zero-order valence-corrected chi connectivity index (χ0v) is 18.5. The second-order valence-electron chi connectivity index (χ2n) is 8.54. The van der Waals surface area contributed by atoms with Crippen LogP contribution in [0.15, 0.2) is 60.7 Å². The lowest BCUT2D eigenvalue weighted by molar-refractivity contribution is -0.140. The van der Waals surface area contributed by atoms with Gasteiger partial charge in [0.1, 0.15) is 5.82 Å². The fourth-order valence-corrected chi connectivity index (χ4v) is 4.29. The molecule has 4 rings (SSSR count). The number of hydrogen-bond donors (Lipinski definition) is 3. The highest BCUT2D eigenvalue weighted by molar-refractivity contribution is 5.99. The van der Waals surface area contributed by atoms with Crippen LogP contribution in [-0.4, -0.2) is 17.1 Å². The standard InChI is InChI=1S/C26H22F4N2O3/c27-23-10-9-21(14-22(23)26(28,29)30)32-25(35)31-20-7-5-16(6-8-20)18-4-3-17-11-15(12-24(33)34)1-2-19(17)13-18/h3-10,13-15H,1-2,11-12H2,(H,33,34)(H2,31,32,35). The highest BCUT2D eigenvalue weighted by Crippen LogP contribution is 2.33. The molecule has 0 bridgehead atoms. The lowest BCUT2D eigenvalue weighted by Crippen LogP contribution is -2.20. The number of halogens is 4. The number of carboxylic acid groups (broad SMARTS) is 1. The van der Waals surface area contributed by atoms with Crippen molar-refractivity contribution in [2.24, 2.45) is 5.92 Å². The molecule has 0 aliphatic heterocycles. The van der Waals surface area contributed by atoms with Crippen molar-refractivity contribution in [1.82, 2.24) is 0 Å². The fraction of sp³-hybridized carbons (Fsp3) is 0.231. The number of carbonyl (C=O) groups excluding carboxylic acids is 1. The quantitative estimate of drug-likeness (QED) is 0.350. The molecule has 9 heteroatoms. The number of alkyl halides is 3. The summed E-state index contributed by atoms with van der Waals surface area (Å²) in [7, 11) is 0. The molecule has 1 atom stereocenters. The lowest BCUT2D eigenvalue weighted by atomic mass is 9.81. The summed E-state index contributed by atoms with van der Waals surface area (Å²) in [4.78, 5) is 23.2. The normalized spacial score (nSPS) is 15.3. The number of nitrogens with one attached hydrogen (secondary N) is 2. The summed E-state index contributed by atoms with van der Waals surface area (Å²) < 4.78 is 52.0. The van der Waals surface area contributed by atoms with Crippen molar-refractivity contribution >= 4 is 23.4 Å². The van der Waals surface area contributed by atoms with Gasteiger partial charge in [-0.3, -0.25) is 4.79 Å². The first kappa shape index (κ1) is 24.3. The second-order valence-corrected chi connectivity index (χ2v) is 8.54. The van der Waals surface area contributed by atoms with Crippen molar-refractivity contribution in [2.75, 3.05) is 10.6 Å². The van der Waals surface area contributed by atoms with Crippen LogP contribution < -0.4 is 10.6 Å². The smallest absolute Gasteiger partial charge is 0.419 e. The maximum absolute atomic E-state index is 13.4. The minimum absolute atomic E-state index is 0.150. The lowest BCUT2D eigenvalue weighted by Gasteiger charge is -2.24. The number of aryl methyl sites for hydroxylation is 1. The van der Waals surface area contributed by atoms with Gasteiger partial charge in [-0.2, -0.15) is 13.2 Å². The number of carbonyl (C=O) groups is 2. The van der Waals surface area contributed by atoms with Crippen LogP contribution in [0.5, 0.6) is 0 Å². The van der Waals surface area contributed by atoms with E-state index in [0.29, 0.717) is 17.8 Å². The molecule has 3 aromatic rings. The Morgan fingerprint density at radius 1 is 0.886 bits per heavy atom. The van der Waals surface area contributed by atoms with Crippen molar-refractivity contribution < 1.29 is 32.3 Å². The van der Waals surface area contributed by atoms with Gasteiger partial charge in [0.15, 0.2) is 0 Å². The van der Waals surface area contributed by atoms with E-state index >= 15 is 0 Å². The van der Waals surface area contributed by atoms with Crippen molar-refractivity contribution in [3.8, 4) is 11.1 Å². The largest absolute Gasteiger partial charge is 0.481 e. The molecular weight excluding hydrogens is 464 g/mol. The number of benzene rings is 3. The van der Waals surface area contributed by atoms with E-state index < -0.39 is 29.6 Å². The molecule has 0 radical (unpaired) electrons. The zero-order valence-electron chi connectivity index (χ0n) is 18.5. The van der Waals surface area contributed by atoms with Crippen LogP contribution in [-0.2, 0) is 23.8 Å². The van der Waals surface area contributed by atoms with E-state index in [1.54, 1.807) is 12.1 Å². The molecule has 0 fully saturated rings. The molecule has 0 spiro atoms. The third-order valence-electron chi connectivity index (χ3n) is 6.01. The van der Waals surface area contributed by atoms with Gasteiger partial charge in [0.05, 0.1) is 5.56 Å². The molecule has 1 unspecified atom stereocenters. The molecule has 5 nitrogen and oxygen atoms in total. The fourth-order valence-electron chi connectivity index (χ4n) is 4.29. The Bertz CT molecular complexity index is 1260. The maximum Gasteiger partial charge on any atom is 0.419 e. The van der Waals surface area contributed by atoms with Gasteiger partial charge < -0.3 is 15.7 Å². The highest BCUT2D eigenvalue weighted by atomic mass is 19.4. The molecule has 1 aliphatic carbocycles. The third kappa shape index (κ3) is 5.98. The number of urea groups is 1. The second kappa shape index (κ2) is 9.77. The Hall–Kier alpha value is -3.88. The van der Waals surface area contributed by atoms with Crippen molar-refractivity contribution in [3.05, 3.63) is 83.2 Å². The number of aliphatic carboxylic acids is 1. The molecule has 3 aromatic carbocycles. The van der Waals surface area contributed by atoms with E-state index in [0.717, 1.165) is 42.0 Å². The molecule has 0 saturated carbocycles. The van der Waals surface area contributed by atoms with Crippen LogP contribution in [0.2, 0.25) is 0 Å². The monoisotopic (exact) mass is 486 g/mol. The molecule has 182 valence electrons. The van der Waals surface area contributed by atoms with Crippen molar-refractivity contribution in [1.29, 1.82) is 0 Å². The number of anilines is 2. The summed E-state index contributed by atoms with van der Waals surface area (Å²) in [6.07, 6.45) is -2.29. The van der Waals surface area contributed by atoms with E-state index in [2.05, 4.69) is 16.7 Å². The predicted molar refractivity (Wildman–Crippen MR) is 124 cm³/mol. The summed E-state index contributed by atoms with van der Waals surface area (Å²) in [5.41, 5.74) is 3.05. The Labute approximate surface area is 198 Å². The minimum atomic E-state index is -4.87. The average molecular weight is 486 g/mol. The summed E-state index contributed by atoms with van der Waals surface area (Å²) in [6.45, 7) is 0. The van der Waals surface area contributed by atoms with Crippen LogP contribution in [0.25, 0.3) is 11.1 Å². The number of fused-ring (bicyclic) bond motifs is 1. The minimum Gasteiger partial charge on any atom is -0.481 e. The van der Waals surface area contributed by atoms with Gasteiger partial charge in [-0.05, 0) is 77.8 Å². The van der Waals surface area contributed by atoms with Gasteiger partial charge in [-0.1, -0.05) is 30.3 Å². The molecule has 2 amide bonds. The van der Waals surface area contributed by atoms with Crippen LogP contribution in [0.3, 0.4) is 0 Å². The number of amides is 2. The third-order valence-corrected chi connectivity index (χ3v) is 6.01. The number of carboxylic acids is 1. The summed E-state index contributed by atoms with van der Waals surface area (Å²) in [6, 6.07) is 14.5. The van der Waals surface area contributed by atoms with Gasteiger partial charge in [0, 0.05) is 17.8 Å². The maximum atomic E-state index is 13.4. The summed E-state index contributed by atoms with van der Waals surface area (Å²) in [5.74, 6) is -2.04. The van der Waals surface area contributed by atoms with E-state index in [-0.39, 0.29) is 18.0 Å². The van der Waals surface area contributed by atoms with E-state index in [9.17, 15) is 27.2 Å². The Morgan fingerprint density at radius 3 is 2.23 bits per heavy atom. The van der Waals surface area contributed by atoms with E-state index in [1.807, 2.05) is 24.3 Å². The first-order valence-electron chi connectivity index (χ1n) is 11.0. The molecule has 35 heavy (non-hydrogen) atoms. The molecule has 0 saturated heterocycles. The molecule has 0 aromatic heterocycles. The zero-order chi connectivity index (χ0) is 25.2. The highest BCUT2D eigenvalue weighted by Gasteiger charge is 2.34. The van der Waals surface area contributed by atoms with E-state index in [1.165, 1.54) is 5.56 Å². The van der Waals surface area contributed by atoms with Crippen molar-refractivity contribution in [2.45, 2.75) is 31.9 Å². The van der Waals surface area contributed by atoms with Crippen LogP contribution >= 0.6 is 0 Å². The average Bonchev–Trinajstić information content (AvgIpc) is 2.79. The van der Waals surface area contributed by atoms with Crippen LogP contribution in [0.1, 0.15) is 29.5 Å².